The predicted octanol–water partition coefficient (Wildman–Crippen LogP) is 6.02. The Bertz CT molecular complexity index is 1100. The van der Waals surface area contributed by atoms with Crippen LogP contribution in [0.1, 0.15) is 76.7 Å². The van der Waals surface area contributed by atoms with Crippen molar-refractivity contribution < 1.29 is 0 Å². The van der Waals surface area contributed by atoms with Crippen molar-refractivity contribution in [2.45, 2.75) is 94.8 Å². The third-order valence-corrected chi connectivity index (χ3v) is 9.28. The molecule has 0 spiro atoms. The number of benzene rings is 1. The van der Waals surface area contributed by atoms with Crippen molar-refractivity contribution in [3.05, 3.63) is 42.9 Å². The molecule has 6 atom stereocenters. The van der Waals surface area contributed by atoms with Gasteiger partial charge in [0, 0.05) is 36.6 Å². The van der Waals surface area contributed by atoms with Crippen LogP contribution < -0.4 is 0 Å². The van der Waals surface area contributed by atoms with Crippen LogP contribution in [0.15, 0.2) is 42.9 Å². The van der Waals surface area contributed by atoms with E-state index in [1.807, 2.05) is 6.20 Å². The molecule has 0 unspecified atom stereocenters. The maximum Gasteiger partial charge on any atom is 0.161 e. The van der Waals surface area contributed by atoms with Crippen LogP contribution in [0, 0.1) is 11.8 Å². The van der Waals surface area contributed by atoms with Gasteiger partial charge in [0.15, 0.2) is 5.82 Å². The number of para-hydroxylation sites is 2. The molecule has 0 radical (unpaired) electrons. The molecule has 2 saturated heterocycles. The normalized spacial score (nSPS) is 34.4. The first-order valence-corrected chi connectivity index (χ1v) is 13.3. The number of fused-ring (bicyclic) bond motifs is 5. The topological polar surface area (TPSA) is 46.8 Å². The maximum absolute atomic E-state index is 5.05. The van der Waals surface area contributed by atoms with Gasteiger partial charge in [0.25, 0.3) is 0 Å². The zero-order valence-electron chi connectivity index (χ0n) is 19.5. The molecule has 172 valence electrons. The molecule has 4 fully saturated rings. The highest BCUT2D eigenvalue weighted by molar-refractivity contribution is 5.80. The minimum Gasteiger partial charge on any atom is -0.319 e. The molecule has 0 N–H and O–H groups in total. The van der Waals surface area contributed by atoms with Gasteiger partial charge in [0.2, 0.25) is 0 Å². The summed E-state index contributed by atoms with van der Waals surface area (Å²) in [4.78, 5) is 17.1. The summed E-state index contributed by atoms with van der Waals surface area (Å²) in [5.41, 5.74) is 3.22. The Morgan fingerprint density at radius 2 is 1.48 bits per heavy atom. The highest BCUT2D eigenvalue weighted by Gasteiger charge is 2.45. The summed E-state index contributed by atoms with van der Waals surface area (Å²) in [6.45, 7) is 0. The molecule has 4 bridgehead atoms. The molecule has 3 aromatic rings. The van der Waals surface area contributed by atoms with Gasteiger partial charge in [-0.1, -0.05) is 37.8 Å². The molecule has 1 aromatic carbocycles. The Morgan fingerprint density at radius 1 is 0.727 bits per heavy atom. The van der Waals surface area contributed by atoms with Crippen LogP contribution in [0.4, 0.5) is 0 Å². The van der Waals surface area contributed by atoms with Crippen molar-refractivity contribution in [1.29, 1.82) is 0 Å². The van der Waals surface area contributed by atoms with Crippen LogP contribution in [-0.4, -0.2) is 42.5 Å². The minimum atomic E-state index is 0.490. The summed E-state index contributed by atoms with van der Waals surface area (Å²) in [6, 6.07) is 11.4. The molecular weight excluding hydrogens is 406 g/mol. The minimum absolute atomic E-state index is 0.490. The van der Waals surface area contributed by atoms with Crippen LogP contribution in [0.25, 0.3) is 22.6 Å². The van der Waals surface area contributed by atoms with E-state index in [9.17, 15) is 0 Å². The second-order valence-electron chi connectivity index (χ2n) is 11.2. The van der Waals surface area contributed by atoms with E-state index >= 15 is 0 Å². The first kappa shape index (κ1) is 20.1. The molecule has 5 nitrogen and oxygen atoms in total. The predicted molar refractivity (Wildman–Crippen MR) is 131 cm³/mol. The number of rotatable bonds is 3. The lowest BCUT2D eigenvalue weighted by atomic mass is 9.68. The van der Waals surface area contributed by atoms with E-state index < -0.39 is 0 Å². The molecule has 5 heteroatoms. The molecule has 2 aliphatic carbocycles. The van der Waals surface area contributed by atoms with Gasteiger partial charge in [-0.15, -0.1) is 0 Å². The quantitative estimate of drug-likeness (QED) is 0.499. The Hall–Kier alpha value is -2.27. The maximum atomic E-state index is 5.05. The van der Waals surface area contributed by atoms with E-state index in [4.69, 9.17) is 4.98 Å². The van der Waals surface area contributed by atoms with Gasteiger partial charge in [0.05, 0.1) is 17.2 Å². The second kappa shape index (κ2) is 8.19. The average molecular weight is 442 g/mol. The molecule has 0 amide bonds. The van der Waals surface area contributed by atoms with Gasteiger partial charge in [-0.25, -0.2) is 9.97 Å². The standard InChI is InChI=1S/C28H35N5/c1-2-10-27-25(9-1)31-28(26-18-29-11-12-30-26)33(27)24-16-21-7-4-8-22(17-24)32(21)23-14-19-5-3-6-20(13-19)15-23/h1-2,9-12,18-24H,3-8,13-17H2/t19-,20+,21-,22+,23-,24-. The molecule has 4 heterocycles. The molecule has 4 aliphatic rings. The van der Waals surface area contributed by atoms with Crippen LogP contribution >= 0.6 is 0 Å². The van der Waals surface area contributed by atoms with Gasteiger partial charge >= 0.3 is 0 Å². The summed E-state index contributed by atoms with van der Waals surface area (Å²) < 4.78 is 2.53. The molecular formula is C28H35N5. The van der Waals surface area contributed by atoms with E-state index in [1.54, 1.807) is 12.4 Å². The third kappa shape index (κ3) is 3.51. The summed E-state index contributed by atoms with van der Waals surface area (Å²) in [5, 5.41) is 0. The third-order valence-electron chi connectivity index (χ3n) is 9.28. The smallest absolute Gasteiger partial charge is 0.161 e. The van der Waals surface area contributed by atoms with Gasteiger partial charge in [-0.3, -0.25) is 9.88 Å². The van der Waals surface area contributed by atoms with Gasteiger partial charge in [0.1, 0.15) is 5.69 Å². The fourth-order valence-corrected chi connectivity index (χ4v) is 8.14. The van der Waals surface area contributed by atoms with E-state index in [-0.39, 0.29) is 0 Å². The molecule has 2 saturated carbocycles. The number of aromatic nitrogens is 4. The summed E-state index contributed by atoms with van der Waals surface area (Å²) in [5.74, 6) is 3.00. The SMILES string of the molecule is c1ccc2c(c1)nc(-c1cnccn1)n2[C@@H]1C[C@H]2CCC[C@@H](C1)N2[C@@H]1C[C@@H]2CCC[C@@H](C2)C1. The average Bonchev–Trinajstić information content (AvgIpc) is 3.23. The highest BCUT2D eigenvalue weighted by Crippen LogP contribution is 2.48. The van der Waals surface area contributed by atoms with E-state index in [1.165, 1.54) is 76.1 Å². The van der Waals surface area contributed by atoms with Crippen LogP contribution in [0.3, 0.4) is 0 Å². The lowest BCUT2D eigenvalue weighted by Gasteiger charge is -2.55. The fraction of sp³-hybridized carbons (Fsp3) is 0.607. The van der Waals surface area contributed by atoms with Crippen molar-refractivity contribution in [3.63, 3.8) is 0 Å². The molecule has 7 rings (SSSR count). The number of hydrogen-bond acceptors (Lipinski definition) is 4. The highest BCUT2D eigenvalue weighted by atomic mass is 15.3. The summed E-state index contributed by atoms with van der Waals surface area (Å²) >= 11 is 0. The zero-order valence-corrected chi connectivity index (χ0v) is 19.5. The first-order chi connectivity index (χ1) is 16.3. The van der Waals surface area contributed by atoms with Crippen LogP contribution in [0.2, 0.25) is 0 Å². The Morgan fingerprint density at radius 3 is 2.24 bits per heavy atom. The van der Waals surface area contributed by atoms with Gasteiger partial charge < -0.3 is 4.57 Å². The summed E-state index contributed by atoms with van der Waals surface area (Å²) in [6.07, 6.45) is 20.9. The lowest BCUT2D eigenvalue weighted by Crippen LogP contribution is -2.58. The monoisotopic (exact) mass is 441 g/mol. The molecule has 2 aromatic heterocycles. The number of hydrogen-bond donors (Lipinski definition) is 0. The van der Waals surface area contributed by atoms with Crippen molar-refractivity contribution in [1.82, 2.24) is 24.4 Å². The van der Waals surface area contributed by atoms with Gasteiger partial charge in [-0.2, -0.15) is 0 Å². The first-order valence-electron chi connectivity index (χ1n) is 13.3. The largest absolute Gasteiger partial charge is 0.319 e. The van der Waals surface area contributed by atoms with Gasteiger partial charge in [-0.05, 0) is 68.9 Å². The molecule has 33 heavy (non-hydrogen) atoms. The van der Waals surface area contributed by atoms with E-state index in [2.05, 4.69) is 43.7 Å². The Labute approximate surface area is 196 Å². The number of piperidine rings is 2. The van der Waals surface area contributed by atoms with Crippen LogP contribution in [0.5, 0.6) is 0 Å². The van der Waals surface area contributed by atoms with Crippen molar-refractivity contribution in [2.75, 3.05) is 0 Å². The van der Waals surface area contributed by atoms with Crippen molar-refractivity contribution in [3.8, 4) is 11.5 Å². The number of imidazole rings is 1. The van der Waals surface area contributed by atoms with E-state index in [0.717, 1.165) is 47.0 Å². The fourth-order valence-electron chi connectivity index (χ4n) is 8.14. The zero-order chi connectivity index (χ0) is 21.8. The second-order valence-corrected chi connectivity index (χ2v) is 11.2. The van der Waals surface area contributed by atoms with E-state index in [0.29, 0.717) is 6.04 Å². The van der Waals surface area contributed by atoms with Crippen molar-refractivity contribution in [2.24, 2.45) is 11.8 Å². The Kier molecular flexibility index (Phi) is 5.00. The Balaban J connectivity index is 1.23. The lowest BCUT2D eigenvalue weighted by molar-refractivity contribution is -0.0480. The number of nitrogens with zero attached hydrogens (tertiary/aromatic N) is 5. The van der Waals surface area contributed by atoms with Crippen molar-refractivity contribution >= 4 is 11.0 Å². The molecule has 2 aliphatic heterocycles. The summed E-state index contributed by atoms with van der Waals surface area (Å²) in [7, 11) is 0. The van der Waals surface area contributed by atoms with Crippen LogP contribution in [-0.2, 0) is 0 Å².